The highest BCUT2D eigenvalue weighted by molar-refractivity contribution is 7.84. The normalized spacial score (nSPS) is 49.9. The number of fused-ring (bicyclic) bond motifs is 1. The first-order valence-electron chi connectivity index (χ1n) is 3.22. The maximum Gasteiger partial charge on any atom is 0.339 e. The molecule has 2 aliphatic rings. The predicted molar refractivity (Wildman–Crippen MR) is 34.6 cm³/mol. The van der Waals surface area contributed by atoms with Crippen LogP contribution in [0, 0.1) is 0 Å². The molecule has 0 bridgehead atoms. The molecule has 0 aromatic heterocycles. The van der Waals surface area contributed by atoms with Crippen LogP contribution in [0.5, 0.6) is 0 Å². The van der Waals surface area contributed by atoms with Crippen molar-refractivity contribution in [2.75, 3.05) is 13.2 Å². The van der Waals surface area contributed by atoms with E-state index in [1.807, 2.05) is 6.92 Å². The van der Waals surface area contributed by atoms with Gasteiger partial charge in [-0.15, -0.1) is 0 Å². The summed E-state index contributed by atoms with van der Waals surface area (Å²) >= 11 is 0. The first-order chi connectivity index (χ1) is 4.55. The van der Waals surface area contributed by atoms with E-state index in [2.05, 4.69) is 4.18 Å². The molecular weight excluding hydrogens is 154 g/mol. The summed E-state index contributed by atoms with van der Waals surface area (Å²) in [6, 6.07) is 0. The van der Waals surface area contributed by atoms with Gasteiger partial charge in [-0.3, -0.25) is 4.18 Å². The van der Waals surface area contributed by atoms with Crippen LogP contribution in [0.1, 0.15) is 13.3 Å². The molecule has 0 N–H and O–H groups in total. The Morgan fingerprint density at radius 1 is 1.60 bits per heavy atom. The lowest BCUT2D eigenvalue weighted by Gasteiger charge is -2.17. The molecule has 58 valence electrons. The fourth-order valence-electron chi connectivity index (χ4n) is 1.26. The number of rotatable bonds is 0. The van der Waals surface area contributed by atoms with Crippen molar-refractivity contribution in [2.45, 2.75) is 18.9 Å². The van der Waals surface area contributed by atoms with E-state index in [-0.39, 0.29) is 5.54 Å². The van der Waals surface area contributed by atoms with Gasteiger partial charge in [0.05, 0.1) is 12.1 Å². The van der Waals surface area contributed by atoms with Crippen LogP contribution in [-0.4, -0.2) is 31.4 Å². The largest absolute Gasteiger partial charge is 0.339 e. The minimum atomic E-state index is -3.31. The minimum Gasteiger partial charge on any atom is -0.258 e. The molecule has 0 radical (unpaired) electrons. The summed E-state index contributed by atoms with van der Waals surface area (Å²) in [6.07, 6.45) is 0.826. The van der Waals surface area contributed by atoms with Gasteiger partial charge in [-0.2, -0.15) is 12.7 Å². The summed E-state index contributed by atoms with van der Waals surface area (Å²) in [7, 11) is -3.31. The highest BCUT2D eigenvalue weighted by Crippen LogP contribution is 2.41. The van der Waals surface area contributed by atoms with E-state index >= 15 is 0 Å². The van der Waals surface area contributed by atoms with Crippen LogP contribution in [0.25, 0.3) is 0 Å². The second-order valence-corrected chi connectivity index (χ2v) is 4.57. The third-order valence-electron chi connectivity index (χ3n) is 2.13. The van der Waals surface area contributed by atoms with Crippen molar-refractivity contribution in [2.24, 2.45) is 0 Å². The molecule has 0 amide bonds. The van der Waals surface area contributed by atoms with E-state index in [4.69, 9.17) is 0 Å². The lowest BCUT2D eigenvalue weighted by atomic mass is 10.1. The summed E-state index contributed by atoms with van der Waals surface area (Å²) in [5.74, 6) is 0. The van der Waals surface area contributed by atoms with Gasteiger partial charge in [-0.1, -0.05) is 0 Å². The molecule has 2 rings (SSSR count). The van der Waals surface area contributed by atoms with Crippen LogP contribution < -0.4 is 0 Å². The van der Waals surface area contributed by atoms with Gasteiger partial charge in [0.25, 0.3) is 0 Å². The fraction of sp³-hybridized carbons (Fsp3) is 1.00. The SMILES string of the molecule is C[C@@]12CCOS(=O)(=O)N1C2. The Kier molecular flexibility index (Phi) is 1.01. The summed E-state index contributed by atoms with van der Waals surface area (Å²) < 4.78 is 27.8. The Morgan fingerprint density at radius 2 is 2.30 bits per heavy atom. The zero-order valence-corrected chi connectivity index (χ0v) is 6.52. The van der Waals surface area contributed by atoms with E-state index in [0.29, 0.717) is 13.2 Å². The summed E-state index contributed by atoms with van der Waals surface area (Å²) in [5, 5.41) is 0. The van der Waals surface area contributed by atoms with Crippen molar-refractivity contribution in [3.8, 4) is 0 Å². The van der Waals surface area contributed by atoms with Gasteiger partial charge in [0.15, 0.2) is 0 Å². The fourth-order valence-corrected chi connectivity index (χ4v) is 2.75. The Morgan fingerprint density at radius 3 is 2.80 bits per heavy atom. The van der Waals surface area contributed by atoms with Crippen molar-refractivity contribution < 1.29 is 12.6 Å². The molecule has 5 heteroatoms. The van der Waals surface area contributed by atoms with Crippen LogP contribution in [0.2, 0.25) is 0 Å². The molecule has 10 heavy (non-hydrogen) atoms. The van der Waals surface area contributed by atoms with E-state index < -0.39 is 10.3 Å². The molecule has 2 saturated heterocycles. The predicted octanol–water partition coefficient (Wildman–Crippen LogP) is -0.274. The molecule has 0 saturated carbocycles. The lowest BCUT2D eigenvalue weighted by Crippen LogP contribution is -2.30. The molecule has 1 unspecified atom stereocenters. The smallest absolute Gasteiger partial charge is 0.258 e. The van der Waals surface area contributed by atoms with Crippen molar-refractivity contribution in [1.82, 2.24) is 4.31 Å². The molecule has 0 spiro atoms. The molecule has 4 nitrogen and oxygen atoms in total. The second kappa shape index (κ2) is 1.54. The Labute approximate surface area is 60.0 Å². The van der Waals surface area contributed by atoms with Crippen LogP contribution in [0.4, 0.5) is 0 Å². The molecule has 0 aliphatic carbocycles. The molecular formula is C5H9NO3S. The first kappa shape index (κ1) is 6.57. The molecule has 2 atom stereocenters. The Hall–Kier alpha value is -0.130. The Bertz CT molecular complexity index is 260. The summed E-state index contributed by atoms with van der Waals surface area (Å²) in [5.41, 5.74) is -0.100. The van der Waals surface area contributed by atoms with Crippen LogP contribution >= 0.6 is 0 Å². The quantitative estimate of drug-likeness (QED) is 0.462. The second-order valence-electron chi connectivity index (χ2n) is 3.03. The van der Waals surface area contributed by atoms with Gasteiger partial charge in [0.2, 0.25) is 0 Å². The standard InChI is InChI=1S/C5H9NO3S/c1-5-2-3-9-10(7,8)6(5)4-5/h2-4H2,1H3/t5-,6?/m0/s1. The zero-order valence-electron chi connectivity index (χ0n) is 5.70. The van der Waals surface area contributed by atoms with Gasteiger partial charge in [0.1, 0.15) is 0 Å². The third kappa shape index (κ3) is 0.710. The van der Waals surface area contributed by atoms with E-state index in [0.717, 1.165) is 6.42 Å². The molecule has 0 aromatic rings. The summed E-state index contributed by atoms with van der Waals surface area (Å²) in [4.78, 5) is 0. The van der Waals surface area contributed by atoms with Crippen molar-refractivity contribution in [3.63, 3.8) is 0 Å². The number of hydrogen-bond acceptors (Lipinski definition) is 3. The number of nitrogens with zero attached hydrogens (tertiary/aromatic N) is 1. The van der Waals surface area contributed by atoms with E-state index in [1.165, 1.54) is 4.31 Å². The van der Waals surface area contributed by atoms with Crippen LogP contribution in [0.3, 0.4) is 0 Å². The van der Waals surface area contributed by atoms with Gasteiger partial charge in [-0.25, -0.2) is 0 Å². The van der Waals surface area contributed by atoms with Gasteiger partial charge < -0.3 is 0 Å². The van der Waals surface area contributed by atoms with Crippen molar-refractivity contribution >= 4 is 10.3 Å². The molecule has 0 aromatic carbocycles. The topological polar surface area (TPSA) is 46.4 Å². The van der Waals surface area contributed by atoms with E-state index in [9.17, 15) is 8.42 Å². The maximum atomic E-state index is 10.9. The maximum absolute atomic E-state index is 10.9. The zero-order chi connectivity index (χ0) is 7.41. The van der Waals surface area contributed by atoms with Crippen molar-refractivity contribution in [3.05, 3.63) is 0 Å². The lowest BCUT2D eigenvalue weighted by molar-refractivity contribution is 0.240. The monoisotopic (exact) mass is 163 g/mol. The highest BCUT2D eigenvalue weighted by Gasteiger charge is 2.58. The van der Waals surface area contributed by atoms with Crippen LogP contribution in [0.15, 0.2) is 0 Å². The average Bonchev–Trinajstić information content (AvgIpc) is 2.41. The average molecular weight is 163 g/mol. The van der Waals surface area contributed by atoms with E-state index in [1.54, 1.807) is 0 Å². The van der Waals surface area contributed by atoms with Gasteiger partial charge in [-0.05, 0) is 13.3 Å². The van der Waals surface area contributed by atoms with Gasteiger partial charge in [0, 0.05) is 6.54 Å². The minimum absolute atomic E-state index is 0.100. The highest BCUT2D eigenvalue weighted by atomic mass is 32.2. The molecule has 2 aliphatic heterocycles. The summed E-state index contributed by atoms with van der Waals surface area (Å²) in [6.45, 7) is 2.91. The third-order valence-corrected chi connectivity index (χ3v) is 3.70. The Balaban J connectivity index is 2.32. The van der Waals surface area contributed by atoms with Crippen molar-refractivity contribution in [1.29, 1.82) is 0 Å². The van der Waals surface area contributed by atoms with Gasteiger partial charge >= 0.3 is 10.3 Å². The number of hydrogen-bond donors (Lipinski definition) is 0. The van der Waals surface area contributed by atoms with Crippen LogP contribution in [-0.2, 0) is 14.5 Å². The first-order valence-corrected chi connectivity index (χ1v) is 4.58. The molecule has 2 fully saturated rings. The molecule has 2 heterocycles.